The van der Waals surface area contributed by atoms with Crippen molar-refractivity contribution < 1.29 is 13.6 Å². The summed E-state index contributed by atoms with van der Waals surface area (Å²) >= 11 is 1.23. The minimum atomic E-state index is -0.729. The normalized spacial score (nSPS) is 10.4. The van der Waals surface area contributed by atoms with Gasteiger partial charge in [0.1, 0.15) is 12.5 Å². The van der Waals surface area contributed by atoms with Gasteiger partial charge in [-0.2, -0.15) is 0 Å². The molecule has 1 aromatic heterocycles. The molecular formula is C12H10F2N2OS. The first-order chi connectivity index (χ1) is 8.58. The van der Waals surface area contributed by atoms with Crippen molar-refractivity contribution in [2.45, 2.75) is 13.6 Å². The summed E-state index contributed by atoms with van der Waals surface area (Å²) in [6.45, 7) is 0.651. The molecule has 0 saturated carbocycles. The van der Waals surface area contributed by atoms with Crippen molar-refractivity contribution in [1.82, 2.24) is 4.98 Å². The molecule has 3 nitrogen and oxygen atoms in total. The van der Waals surface area contributed by atoms with E-state index in [1.807, 2.05) is 0 Å². The molecule has 0 aliphatic rings. The first kappa shape index (κ1) is 12.6. The number of rotatable bonds is 3. The summed E-state index contributed by atoms with van der Waals surface area (Å²) in [7, 11) is 0. The molecule has 1 amide bonds. The van der Waals surface area contributed by atoms with Gasteiger partial charge in [-0.1, -0.05) is 0 Å². The monoisotopic (exact) mass is 268 g/mol. The van der Waals surface area contributed by atoms with Gasteiger partial charge in [0.2, 0.25) is 5.91 Å². The van der Waals surface area contributed by atoms with E-state index in [0.717, 1.165) is 6.07 Å². The van der Waals surface area contributed by atoms with E-state index in [-0.39, 0.29) is 11.5 Å². The number of alkyl halides is 1. The maximum atomic E-state index is 13.3. The Morgan fingerprint density at radius 2 is 2.22 bits per heavy atom. The van der Waals surface area contributed by atoms with Crippen LogP contribution in [0.3, 0.4) is 0 Å². The van der Waals surface area contributed by atoms with Gasteiger partial charge in [0.25, 0.3) is 0 Å². The molecule has 0 aliphatic carbocycles. The van der Waals surface area contributed by atoms with Crippen molar-refractivity contribution in [3.05, 3.63) is 35.0 Å². The van der Waals surface area contributed by atoms with Gasteiger partial charge in [-0.3, -0.25) is 4.79 Å². The van der Waals surface area contributed by atoms with Crippen LogP contribution in [-0.2, 0) is 11.5 Å². The van der Waals surface area contributed by atoms with Gasteiger partial charge in [-0.05, 0) is 23.8 Å². The standard InChI is InChI=1S/C12H10F2N2OS/c1-7(17)15-12-16-11(6-18-12)9-2-8(5-13)3-10(14)4-9/h2-4,6H,5H2,1H3,(H,15,16,17). The molecule has 0 bridgehead atoms. The van der Waals surface area contributed by atoms with Crippen LogP contribution in [0.15, 0.2) is 23.6 Å². The Morgan fingerprint density at radius 1 is 1.44 bits per heavy atom. The molecule has 18 heavy (non-hydrogen) atoms. The molecule has 0 unspecified atom stereocenters. The number of halogens is 2. The maximum absolute atomic E-state index is 13.3. The number of hydrogen-bond donors (Lipinski definition) is 1. The summed E-state index contributed by atoms with van der Waals surface area (Å²) in [5.41, 5.74) is 1.27. The van der Waals surface area contributed by atoms with Crippen molar-refractivity contribution in [3.63, 3.8) is 0 Å². The molecule has 0 spiro atoms. The molecule has 6 heteroatoms. The second-order valence-electron chi connectivity index (χ2n) is 3.70. The molecule has 2 rings (SSSR count). The van der Waals surface area contributed by atoms with Crippen LogP contribution >= 0.6 is 11.3 Å². The van der Waals surface area contributed by atoms with Crippen LogP contribution in [0.25, 0.3) is 11.3 Å². The van der Waals surface area contributed by atoms with E-state index in [1.165, 1.54) is 30.4 Å². The molecule has 0 saturated heterocycles. The zero-order chi connectivity index (χ0) is 13.1. The van der Waals surface area contributed by atoms with Crippen LogP contribution < -0.4 is 5.32 Å². The number of benzene rings is 1. The molecule has 0 atom stereocenters. The fourth-order valence-corrected chi connectivity index (χ4v) is 2.26. The summed E-state index contributed by atoms with van der Waals surface area (Å²) in [4.78, 5) is 15.0. The molecule has 0 aliphatic heterocycles. The lowest BCUT2D eigenvalue weighted by Gasteiger charge is -2.01. The van der Waals surface area contributed by atoms with Gasteiger partial charge in [-0.25, -0.2) is 13.8 Å². The second-order valence-corrected chi connectivity index (χ2v) is 4.56. The van der Waals surface area contributed by atoms with Gasteiger partial charge in [0.05, 0.1) is 5.69 Å². The number of aromatic nitrogens is 1. The third kappa shape index (κ3) is 2.89. The van der Waals surface area contributed by atoms with E-state index in [1.54, 1.807) is 5.38 Å². The highest BCUT2D eigenvalue weighted by atomic mass is 32.1. The van der Waals surface area contributed by atoms with E-state index in [9.17, 15) is 13.6 Å². The molecule has 1 heterocycles. The van der Waals surface area contributed by atoms with Crippen molar-refractivity contribution in [1.29, 1.82) is 0 Å². The summed E-state index contributed by atoms with van der Waals surface area (Å²) in [5, 5.41) is 4.66. The third-order valence-electron chi connectivity index (χ3n) is 2.19. The summed E-state index contributed by atoms with van der Waals surface area (Å²) in [6, 6.07) is 3.96. The van der Waals surface area contributed by atoms with Crippen molar-refractivity contribution >= 4 is 22.4 Å². The smallest absolute Gasteiger partial charge is 0.223 e. The molecule has 1 aromatic carbocycles. The predicted molar refractivity (Wildman–Crippen MR) is 66.6 cm³/mol. The average molecular weight is 268 g/mol. The minimum absolute atomic E-state index is 0.223. The van der Waals surface area contributed by atoms with Crippen LogP contribution in [0.4, 0.5) is 13.9 Å². The van der Waals surface area contributed by atoms with Crippen LogP contribution in [0.5, 0.6) is 0 Å². The second kappa shape index (κ2) is 5.22. The lowest BCUT2D eigenvalue weighted by atomic mass is 10.1. The Balaban J connectivity index is 2.33. The highest BCUT2D eigenvalue weighted by Gasteiger charge is 2.08. The summed E-state index contributed by atoms with van der Waals surface area (Å²) in [5.74, 6) is -0.728. The van der Waals surface area contributed by atoms with Gasteiger partial charge >= 0.3 is 0 Å². The van der Waals surface area contributed by atoms with E-state index < -0.39 is 12.5 Å². The number of anilines is 1. The molecule has 2 aromatic rings. The number of nitrogens with zero attached hydrogens (tertiary/aromatic N) is 1. The first-order valence-electron chi connectivity index (χ1n) is 5.17. The largest absolute Gasteiger partial charge is 0.302 e. The Bertz CT molecular complexity index is 583. The van der Waals surface area contributed by atoms with E-state index >= 15 is 0 Å². The van der Waals surface area contributed by atoms with Gasteiger partial charge in [-0.15, -0.1) is 11.3 Å². The van der Waals surface area contributed by atoms with Crippen molar-refractivity contribution in [2.75, 3.05) is 5.32 Å². The molecule has 0 radical (unpaired) electrons. The van der Waals surface area contributed by atoms with Crippen LogP contribution in [-0.4, -0.2) is 10.9 Å². The Morgan fingerprint density at radius 3 is 2.89 bits per heavy atom. The third-order valence-corrected chi connectivity index (χ3v) is 2.95. The van der Waals surface area contributed by atoms with E-state index in [4.69, 9.17) is 0 Å². The Kier molecular flexibility index (Phi) is 3.66. The topological polar surface area (TPSA) is 42.0 Å². The zero-order valence-corrected chi connectivity index (χ0v) is 10.4. The van der Waals surface area contributed by atoms with Crippen molar-refractivity contribution in [3.8, 4) is 11.3 Å². The number of hydrogen-bond acceptors (Lipinski definition) is 3. The fraction of sp³-hybridized carbons (Fsp3) is 0.167. The van der Waals surface area contributed by atoms with E-state index in [0.29, 0.717) is 16.4 Å². The Hall–Kier alpha value is -1.82. The molecule has 1 N–H and O–H groups in total. The highest BCUT2D eigenvalue weighted by Crippen LogP contribution is 2.26. The number of thiazole rings is 1. The summed E-state index contributed by atoms with van der Waals surface area (Å²) < 4.78 is 25.8. The number of amides is 1. The fourth-order valence-electron chi connectivity index (χ4n) is 1.49. The Labute approximate surface area is 106 Å². The molecule has 0 fully saturated rings. The summed E-state index contributed by atoms with van der Waals surface area (Å²) in [6.07, 6.45) is 0. The SMILES string of the molecule is CC(=O)Nc1nc(-c2cc(F)cc(CF)c2)cs1. The first-order valence-corrected chi connectivity index (χ1v) is 6.05. The van der Waals surface area contributed by atoms with Crippen molar-refractivity contribution in [2.24, 2.45) is 0 Å². The predicted octanol–water partition coefficient (Wildman–Crippen LogP) is 3.38. The maximum Gasteiger partial charge on any atom is 0.223 e. The molecule has 94 valence electrons. The number of carbonyl (C=O) groups excluding carboxylic acids is 1. The molecular weight excluding hydrogens is 258 g/mol. The lowest BCUT2D eigenvalue weighted by molar-refractivity contribution is -0.114. The van der Waals surface area contributed by atoms with Crippen LogP contribution in [0.1, 0.15) is 12.5 Å². The van der Waals surface area contributed by atoms with Gasteiger partial charge in [0, 0.05) is 17.9 Å². The highest BCUT2D eigenvalue weighted by molar-refractivity contribution is 7.14. The van der Waals surface area contributed by atoms with Crippen LogP contribution in [0.2, 0.25) is 0 Å². The van der Waals surface area contributed by atoms with Crippen LogP contribution in [0, 0.1) is 5.82 Å². The number of carbonyl (C=O) groups is 1. The van der Waals surface area contributed by atoms with Gasteiger partial charge in [0.15, 0.2) is 5.13 Å². The van der Waals surface area contributed by atoms with Gasteiger partial charge < -0.3 is 5.32 Å². The van der Waals surface area contributed by atoms with E-state index in [2.05, 4.69) is 10.3 Å². The quantitative estimate of drug-likeness (QED) is 0.927. The zero-order valence-electron chi connectivity index (χ0n) is 9.54. The number of nitrogens with one attached hydrogen (secondary N) is 1. The minimum Gasteiger partial charge on any atom is -0.302 e. The average Bonchev–Trinajstić information content (AvgIpc) is 2.75. The lowest BCUT2D eigenvalue weighted by Crippen LogP contribution is -2.04.